The quantitative estimate of drug-likeness (QED) is 0.316. The first-order valence-electron chi connectivity index (χ1n) is 9.42. The molecule has 0 rings (SSSR count). The van der Waals surface area contributed by atoms with Crippen molar-refractivity contribution in [3.8, 4) is 0 Å². The number of hydrogen-bond donors (Lipinski definition) is 1. The lowest BCUT2D eigenvalue weighted by Gasteiger charge is -2.21. The molecular formula is C23H37NO3. The zero-order chi connectivity index (χ0) is 21.4. The summed E-state index contributed by atoms with van der Waals surface area (Å²) < 4.78 is 5.25. The summed E-state index contributed by atoms with van der Waals surface area (Å²) in [6.07, 6.45) is 3.66. The van der Waals surface area contributed by atoms with Crippen LogP contribution < -0.4 is 0 Å². The Bertz CT molecular complexity index is 618. The van der Waals surface area contributed by atoms with Gasteiger partial charge in [0.25, 0.3) is 0 Å². The monoisotopic (exact) mass is 375 g/mol. The molecule has 1 N–H and O–H groups in total. The van der Waals surface area contributed by atoms with Gasteiger partial charge in [-0.1, -0.05) is 51.7 Å². The Kier molecular flexibility index (Phi) is 10.2. The summed E-state index contributed by atoms with van der Waals surface area (Å²) in [6, 6.07) is 0. The van der Waals surface area contributed by atoms with Gasteiger partial charge < -0.3 is 9.84 Å². The smallest absolute Gasteiger partial charge is 0.308 e. The van der Waals surface area contributed by atoms with Crippen molar-refractivity contribution in [3.63, 3.8) is 0 Å². The highest BCUT2D eigenvalue weighted by Crippen LogP contribution is 2.27. The van der Waals surface area contributed by atoms with Gasteiger partial charge in [0.15, 0.2) is 0 Å². The normalized spacial score (nSPS) is 15.3. The molecule has 152 valence electrons. The SMILES string of the molecule is C=N/C(=C(/C=C/[C@@H](C)C[C@@H](O)CC(=O)OC(C)(C)C)C(=C)C(=C)C)C(C)C. The summed E-state index contributed by atoms with van der Waals surface area (Å²) in [4.78, 5) is 16.0. The van der Waals surface area contributed by atoms with Gasteiger partial charge in [-0.3, -0.25) is 9.79 Å². The molecule has 2 atom stereocenters. The molecule has 0 aliphatic rings. The molecular weight excluding hydrogens is 338 g/mol. The fourth-order valence-corrected chi connectivity index (χ4v) is 2.58. The molecule has 0 saturated carbocycles. The number of carbonyl (C=O) groups excluding carboxylic acids is 1. The molecule has 0 unspecified atom stereocenters. The summed E-state index contributed by atoms with van der Waals surface area (Å²) >= 11 is 0. The molecule has 0 amide bonds. The Morgan fingerprint density at radius 1 is 1.22 bits per heavy atom. The lowest BCUT2D eigenvalue weighted by molar-refractivity contribution is -0.157. The largest absolute Gasteiger partial charge is 0.460 e. The van der Waals surface area contributed by atoms with Crippen molar-refractivity contribution in [2.75, 3.05) is 0 Å². The van der Waals surface area contributed by atoms with E-state index in [4.69, 9.17) is 4.74 Å². The maximum Gasteiger partial charge on any atom is 0.308 e. The summed E-state index contributed by atoms with van der Waals surface area (Å²) in [7, 11) is 0. The second-order valence-corrected chi connectivity index (χ2v) is 8.39. The molecule has 0 saturated heterocycles. The van der Waals surface area contributed by atoms with Gasteiger partial charge in [-0.25, -0.2) is 0 Å². The predicted octanol–water partition coefficient (Wildman–Crippen LogP) is 5.40. The topological polar surface area (TPSA) is 58.9 Å². The Morgan fingerprint density at radius 2 is 1.78 bits per heavy atom. The number of hydrogen-bond acceptors (Lipinski definition) is 4. The van der Waals surface area contributed by atoms with Gasteiger partial charge in [-0.2, -0.15) is 0 Å². The molecule has 0 heterocycles. The highest BCUT2D eigenvalue weighted by Gasteiger charge is 2.20. The molecule has 0 spiro atoms. The van der Waals surface area contributed by atoms with Gasteiger partial charge >= 0.3 is 5.97 Å². The first-order chi connectivity index (χ1) is 12.3. The highest BCUT2D eigenvalue weighted by molar-refractivity contribution is 5.70. The van der Waals surface area contributed by atoms with Crippen molar-refractivity contribution in [1.82, 2.24) is 0 Å². The van der Waals surface area contributed by atoms with Gasteiger partial charge in [-0.05, 0) is 58.2 Å². The third kappa shape index (κ3) is 10.1. The number of allylic oxidation sites excluding steroid dienone is 6. The Labute approximate surface area is 165 Å². The van der Waals surface area contributed by atoms with Crippen LogP contribution in [-0.2, 0) is 9.53 Å². The Balaban J connectivity index is 5.16. The van der Waals surface area contributed by atoms with Crippen molar-refractivity contribution in [1.29, 1.82) is 0 Å². The second-order valence-electron chi connectivity index (χ2n) is 8.39. The van der Waals surface area contributed by atoms with Crippen LogP contribution in [0.4, 0.5) is 0 Å². The van der Waals surface area contributed by atoms with E-state index < -0.39 is 11.7 Å². The zero-order valence-electron chi connectivity index (χ0n) is 18.1. The fraction of sp³-hybridized carbons (Fsp3) is 0.565. The van der Waals surface area contributed by atoms with Gasteiger partial charge in [0, 0.05) is 11.3 Å². The minimum Gasteiger partial charge on any atom is -0.460 e. The third-order valence-corrected chi connectivity index (χ3v) is 3.89. The van der Waals surface area contributed by atoms with E-state index in [1.807, 2.05) is 46.8 Å². The minimum atomic E-state index is -0.752. The van der Waals surface area contributed by atoms with Crippen LogP contribution in [-0.4, -0.2) is 29.5 Å². The van der Waals surface area contributed by atoms with Gasteiger partial charge in [-0.15, -0.1) is 0 Å². The molecule has 0 aromatic heterocycles. The zero-order valence-corrected chi connectivity index (χ0v) is 18.1. The van der Waals surface area contributed by atoms with Crippen molar-refractivity contribution in [3.05, 3.63) is 47.7 Å². The van der Waals surface area contributed by atoms with Crippen molar-refractivity contribution < 1.29 is 14.6 Å². The lowest BCUT2D eigenvalue weighted by atomic mass is 9.93. The van der Waals surface area contributed by atoms with Crippen LogP contribution in [0.25, 0.3) is 0 Å². The Morgan fingerprint density at radius 3 is 2.19 bits per heavy atom. The number of ether oxygens (including phenoxy) is 1. The van der Waals surface area contributed by atoms with Crippen LogP contribution in [0.5, 0.6) is 0 Å². The van der Waals surface area contributed by atoms with Crippen molar-refractivity contribution in [2.45, 2.75) is 73.0 Å². The number of carbonyl (C=O) groups is 1. The minimum absolute atomic E-state index is 0.0118. The van der Waals surface area contributed by atoms with E-state index in [1.54, 1.807) is 0 Å². The van der Waals surface area contributed by atoms with Gasteiger partial charge in [0.1, 0.15) is 5.60 Å². The molecule has 0 bridgehead atoms. The fourth-order valence-electron chi connectivity index (χ4n) is 2.58. The molecule has 0 aliphatic heterocycles. The van der Waals surface area contributed by atoms with Crippen LogP contribution in [0.2, 0.25) is 0 Å². The molecule has 27 heavy (non-hydrogen) atoms. The van der Waals surface area contributed by atoms with Crippen LogP contribution in [0.15, 0.2) is 52.7 Å². The lowest BCUT2D eigenvalue weighted by Crippen LogP contribution is -2.27. The van der Waals surface area contributed by atoms with E-state index in [1.165, 1.54) is 0 Å². The van der Waals surface area contributed by atoms with Crippen LogP contribution in [0.3, 0.4) is 0 Å². The number of rotatable bonds is 10. The molecule has 0 aromatic carbocycles. The van der Waals surface area contributed by atoms with E-state index in [0.29, 0.717) is 6.42 Å². The highest BCUT2D eigenvalue weighted by atomic mass is 16.6. The molecule has 4 heteroatoms. The van der Waals surface area contributed by atoms with E-state index in [2.05, 4.69) is 38.7 Å². The van der Waals surface area contributed by atoms with E-state index in [0.717, 1.165) is 22.4 Å². The predicted molar refractivity (Wildman–Crippen MR) is 115 cm³/mol. The number of aliphatic hydroxyl groups excluding tert-OH is 1. The van der Waals surface area contributed by atoms with Gasteiger partial charge in [0.2, 0.25) is 0 Å². The molecule has 4 nitrogen and oxygen atoms in total. The van der Waals surface area contributed by atoms with Gasteiger partial charge in [0.05, 0.1) is 12.5 Å². The number of nitrogens with zero attached hydrogens (tertiary/aromatic N) is 1. The average Bonchev–Trinajstić information content (AvgIpc) is 2.47. The summed E-state index contributed by atoms with van der Waals surface area (Å²) in [5, 5.41) is 10.2. The van der Waals surface area contributed by atoms with E-state index in [9.17, 15) is 9.90 Å². The number of aliphatic hydroxyl groups is 1. The number of aliphatic imine (C=N–C) groups is 1. The molecule has 0 fully saturated rings. The first-order valence-corrected chi connectivity index (χ1v) is 9.42. The molecule has 0 radical (unpaired) electrons. The van der Waals surface area contributed by atoms with Crippen LogP contribution >= 0.6 is 0 Å². The van der Waals surface area contributed by atoms with Crippen LogP contribution in [0, 0.1) is 11.8 Å². The third-order valence-electron chi connectivity index (χ3n) is 3.89. The second kappa shape index (κ2) is 11.0. The maximum absolute atomic E-state index is 11.8. The van der Waals surface area contributed by atoms with E-state index in [-0.39, 0.29) is 24.2 Å². The summed E-state index contributed by atoms with van der Waals surface area (Å²) in [5.41, 5.74) is 2.91. The van der Waals surface area contributed by atoms with Crippen LogP contribution in [0.1, 0.15) is 61.3 Å². The number of esters is 1. The summed E-state index contributed by atoms with van der Waals surface area (Å²) in [5.74, 6) is -0.125. The standard InChI is InChI=1S/C23H37NO3/c1-15(2)18(6)20(22(24-10)16(3)4)12-11-17(5)13-19(25)14-21(26)27-23(7,8)9/h11-12,16-17,19,25H,1,6,10,13-14H2,2-5,7-9H3/b12-11+,22-20-/t17-,19-/m1/s1. The summed E-state index contributed by atoms with van der Waals surface area (Å²) in [6.45, 7) is 25.2. The van der Waals surface area contributed by atoms with E-state index >= 15 is 0 Å². The average molecular weight is 376 g/mol. The van der Waals surface area contributed by atoms with Crippen molar-refractivity contribution >= 4 is 12.7 Å². The maximum atomic E-state index is 11.8. The van der Waals surface area contributed by atoms with Crippen molar-refractivity contribution in [2.24, 2.45) is 16.8 Å². The molecule has 0 aliphatic carbocycles. The first kappa shape index (κ1) is 25.1. The molecule has 0 aromatic rings. The Hall–Kier alpha value is -1.94.